The van der Waals surface area contributed by atoms with Crippen LogP contribution in [-0.4, -0.2) is 40.4 Å². The second-order valence-corrected chi connectivity index (χ2v) is 3.01. The molecule has 1 aliphatic heterocycles. The van der Waals surface area contributed by atoms with Gasteiger partial charge in [-0.25, -0.2) is 4.79 Å². The molecule has 2 rings (SSSR count). The van der Waals surface area contributed by atoms with Crippen LogP contribution in [0.3, 0.4) is 0 Å². The van der Waals surface area contributed by atoms with Crippen LogP contribution in [0.25, 0.3) is 0 Å². The van der Waals surface area contributed by atoms with Gasteiger partial charge < -0.3 is 15.1 Å². The maximum Gasteiger partial charge on any atom is 0.407 e. The van der Waals surface area contributed by atoms with Gasteiger partial charge in [0.25, 0.3) is 0 Å². The highest BCUT2D eigenvalue weighted by atomic mass is 16.4. The van der Waals surface area contributed by atoms with Crippen molar-refractivity contribution in [2.24, 2.45) is 11.8 Å². The van der Waals surface area contributed by atoms with Crippen LogP contribution in [0.15, 0.2) is 0 Å². The van der Waals surface area contributed by atoms with E-state index in [0.29, 0.717) is 13.1 Å². The molecule has 1 heterocycles. The van der Waals surface area contributed by atoms with Crippen molar-refractivity contribution in [2.75, 3.05) is 13.1 Å². The van der Waals surface area contributed by atoms with Crippen molar-refractivity contribution in [3.05, 3.63) is 0 Å². The summed E-state index contributed by atoms with van der Waals surface area (Å²) in [4.78, 5) is 11.7. The van der Waals surface area contributed by atoms with Crippen molar-refractivity contribution in [3.63, 3.8) is 0 Å². The molecule has 2 N–H and O–H groups in total. The Hall–Kier alpha value is -0.770. The second kappa shape index (κ2) is 1.63. The summed E-state index contributed by atoms with van der Waals surface area (Å²) in [6.07, 6.45) is -1.07. The highest BCUT2D eigenvalue weighted by Gasteiger charge is 2.56. The topological polar surface area (TPSA) is 60.8 Å². The van der Waals surface area contributed by atoms with E-state index in [9.17, 15) is 4.79 Å². The molecule has 0 bridgehead atoms. The zero-order valence-corrected chi connectivity index (χ0v) is 5.40. The van der Waals surface area contributed by atoms with Gasteiger partial charge in [0, 0.05) is 24.9 Å². The highest BCUT2D eigenvalue weighted by molar-refractivity contribution is 5.65. The van der Waals surface area contributed by atoms with Crippen LogP contribution >= 0.6 is 0 Å². The molecular weight excluding hydrogens is 134 g/mol. The van der Waals surface area contributed by atoms with E-state index in [4.69, 9.17) is 10.2 Å². The number of rotatable bonds is 0. The number of likely N-dealkylation sites (tertiary alicyclic amines) is 1. The van der Waals surface area contributed by atoms with E-state index in [1.54, 1.807) is 0 Å². The van der Waals surface area contributed by atoms with E-state index in [2.05, 4.69) is 0 Å². The summed E-state index contributed by atoms with van der Waals surface area (Å²) in [5.74, 6) is 0.493. The summed E-state index contributed by atoms with van der Waals surface area (Å²) in [6, 6.07) is 0. The molecule has 2 fully saturated rings. The van der Waals surface area contributed by atoms with Gasteiger partial charge in [0.15, 0.2) is 0 Å². The van der Waals surface area contributed by atoms with Crippen molar-refractivity contribution in [3.8, 4) is 0 Å². The summed E-state index contributed by atoms with van der Waals surface area (Å²) < 4.78 is 0. The lowest BCUT2D eigenvalue weighted by atomic mass is 10.4. The number of carbonyl (C=O) groups is 1. The van der Waals surface area contributed by atoms with Crippen LogP contribution < -0.4 is 0 Å². The second-order valence-electron chi connectivity index (χ2n) is 3.01. The predicted octanol–water partition coefficient (Wildman–Crippen LogP) is -0.413. The van der Waals surface area contributed by atoms with Crippen LogP contribution in [0.4, 0.5) is 4.79 Å². The summed E-state index contributed by atoms with van der Waals surface area (Å²) in [6.45, 7) is 1.06. The molecule has 0 aromatic carbocycles. The van der Waals surface area contributed by atoms with Gasteiger partial charge >= 0.3 is 6.09 Å². The number of fused-ring (bicyclic) bond motifs is 1. The lowest BCUT2D eigenvalue weighted by molar-refractivity contribution is 0.137. The smallest absolute Gasteiger partial charge is 0.407 e. The minimum absolute atomic E-state index is 0.212. The fourth-order valence-corrected chi connectivity index (χ4v) is 1.65. The molecule has 0 spiro atoms. The van der Waals surface area contributed by atoms with Gasteiger partial charge in [0.2, 0.25) is 0 Å². The normalized spacial score (nSPS) is 43.3. The largest absolute Gasteiger partial charge is 0.465 e. The SMILES string of the molecule is O=C(O)N1C[C@H]2C(O)[C@@H]2C1. The van der Waals surface area contributed by atoms with Crippen LogP contribution in [0.1, 0.15) is 0 Å². The average molecular weight is 143 g/mol. The molecule has 1 saturated carbocycles. The van der Waals surface area contributed by atoms with Gasteiger partial charge in [-0.2, -0.15) is 0 Å². The molecule has 0 aromatic rings. The Kier molecular flexibility index (Phi) is 0.976. The van der Waals surface area contributed by atoms with E-state index < -0.39 is 6.09 Å². The summed E-state index contributed by atoms with van der Waals surface area (Å²) >= 11 is 0. The Morgan fingerprint density at radius 3 is 2.30 bits per heavy atom. The zero-order chi connectivity index (χ0) is 7.30. The fourth-order valence-electron chi connectivity index (χ4n) is 1.65. The maximum atomic E-state index is 10.3. The first kappa shape index (κ1) is 5.97. The van der Waals surface area contributed by atoms with E-state index in [1.165, 1.54) is 4.90 Å². The number of amides is 1. The van der Waals surface area contributed by atoms with Crippen LogP contribution in [0.2, 0.25) is 0 Å². The molecule has 1 amide bonds. The lowest BCUT2D eigenvalue weighted by Crippen LogP contribution is -2.30. The van der Waals surface area contributed by atoms with Gasteiger partial charge in [0.05, 0.1) is 6.10 Å². The molecule has 4 heteroatoms. The van der Waals surface area contributed by atoms with Crippen molar-refractivity contribution >= 4 is 6.09 Å². The van der Waals surface area contributed by atoms with Crippen LogP contribution in [0, 0.1) is 11.8 Å². The third kappa shape index (κ3) is 0.623. The number of aliphatic hydroxyl groups is 1. The minimum Gasteiger partial charge on any atom is -0.465 e. The first-order valence-corrected chi connectivity index (χ1v) is 3.36. The molecule has 56 valence electrons. The minimum atomic E-state index is -0.862. The Labute approximate surface area is 58.1 Å². The van der Waals surface area contributed by atoms with Gasteiger partial charge in [-0.05, 0) is 0 Å². The molecule has 0 radical (unpaired) electrons. The Balaban J connectivity index is 1.95. The number of piperidine rings is 1. The Morgan fingerprint density at radius 2 is 1.90 bits per heavy atom. The Morgan fingerprint density at radius 1 is 1.40 bits per heavy atom. The number of hydrogen-bond donors (Lipinski definition) is 2. The third-order valence-electron chi connectivity index (χ3n) is 2.42. The molecule has 1 aliphatic carbocycles. The molecule has 4 nitrogen and oxygen atoms in total. The van der Waals surface area contributed by atoms with Crippen LogP contribution in [-0.2, 0) is 0 Å². The zero-order valence-electron chi connectivity index (χ0n) is 5.40. The molecule has 2 aliphatic rings. The van der Waals surface area contributed by atoms with Gasteiger partial charge in [-0.15, -0.1) is 0 Å². The van der Waals surface area contributed by atoms with Crippen molar-refractivity contribution in [1.29, 1.82) is 0 Å². The summed E-state index contributed by atoms with van der Waals surface area (Å²) in [5.41, 5.74) is 0. The number of aliphatic hydroxyl groups excluding tert-OH is 1. The number of hydrogen-bond acceptors (Lipinski definition) is 2. The summed E-state index contributed by atoms with van der Waals surface area (Å²) in [5, 5.41) is 17.5. The van der Waals surface area contributed by atoms with Crippen molar-refractivity contribution in [2.45, 2.75) is 6.10 Å². The van der Waals surface area contributed by atoms with Gasteiger partial charge in [-0.3, -0.25) is 0 Å². The van der Waals surface area contributed by atoms with E-state index in [1.807, 2.05) is 0 Å². The first-order valence-electron chi connectivity index (χ1n) is 3.36. The lowest BCUT2D eigenvalue weighted by Gasteiger charge is -2.13. The maximum absolute atomic E-state index is 10.3. The van der Waals surface area contributed by atoms with E-state index >= 15 is 0 Å². The van der Waals surface area contributed by atoms with Gasteiger partial charge in [-0.1, -0.05) is 0 Å². The quantitative estimate of drug-likeness (QED) is 0.484. The summed E-state index contributed by atoms with van der Waals surface area (Å²) in [7, 11) is 0. The monoisotopic (exact) mass is 143 g/mol. The fraction of sp³-hybridized carbons (Fsp3) is 0.833. The molecule has 2 atom stereocenters. The molecule has 0 unspecified atom stereocenters. The van der Waals surface area contributed by atoms with Crippen LogP contribution in [0.5, 0.6) is 0 Å². The molecular formula is C6H9NO3. The molecule has 10 heavy (non-hydrogen) atoms. The first-order chi connectivity index (χ1) is 4.70. The van der Waals surface area contributed by atoms with Crippen molar-refractivity contribution < 1.29 is 15.0 Å². The van der Waals surface area contributed by atoms with E-state index in [0.717, 1.165) is 0 Å². The predicted molar refractivity (Wildman–Crippen MR) is 32.6 cm³/mol. The Bertz CT molecular complexity index is 170. The molecule has 1 saturated heterocycles. The van der Waals surface area contributed by atoms with Crippen molar-refractivity contribution in [1.82, 2.24) is 4.90 Å². The highest BCUT2D eigenvalue weighted by Crippen LogP contribution is 2.45. The number of carboxylic acid groups (broad SMARTS) is 1. The third-order valence-corrected chi connectivity index (χ3v) is 2.42. The standard InChI is InChI=1S/C6H9NO3/c8-5-3-1-7(6(9)10)2-4(3)5/h3-5,8H,1-2H2,(H,9,10)/t3-,4-/m1/s1. The van der Waals surface area contributed by atoms with Gasteiger partial charge in [0.1, 0.15) is 0 Å². The number of nitrogens with zero attached hydrogens (tertiary/aromatic N) is 1. The average Bonchev–Trinajstić information content (AvgIpc) is 2.38. The molecule has 0 aromatic heterocycles. The van der Waals surface area contributed by atoms with E-state index in [-0.39, 0.29) is 17.9 Å².